The van der Waals surface area contributed by atoms with E-state index in [1.165, 1.54) is 0 Å². The lowest BCUT2D eigenvalue weighted by atomic mass is 10.2. The maximum atomic E-state index is 5.28. The third-order valence-corrected chi connectivity index (χ3v) is 3.85. The summed E-state index contributed by atoms with van der Waals surface area (Å²) in [5.74, 6) is 2.41. The van der Waals surface area contributed by atoms with Crippen molar-refractivity contribution in [3.8, 4) is 16.5 Å². The zero-order valence-electron chi connectivity index (χ0n) is 11.4. The van der Waals surface area contributed by atoms with E-state index in [-0.39, 0.29) is 0 Å². The second-order valence-electron chi connectivity index (χ2n) is 4.29. The van der Waals surface area contributed by atoms with E-state index in [1.807, 2.05) is 35.7 Å². The fourth-order valence-corrected chi connectivity index (χ4v) is 2.71. The van der Waals surface area contributed by atoms with Crippen LogP contribution >= 0.6 is 11.3 Å². The smallest absolute Gasteiger partial charge is 0.172 e. The van der Waals surface area contributed by atoms with Crippen LogP contribution in [0.5, 0.6) is 5.75 Å². The molecular weight excluding hydrogens is 270 g/mol. The second-order valence-corrected chi connectivity index (χ2v) is 5.23. The van der Waals surface area contributed by atoms with Gasteiger partial charge in [0, 0.05) is 11.9 Å². The lowest BCUT2D eigenvalue weighted by molar-refractivity contribution is 0.415. The van der Waals surface area contributed by atoms with Crippen molar-refractivity contribution < 1.29 is 4.74 Å². The number of hydrogen-bond donors (Lipinski definition) is 1. The Kier molecular flexibility index (Phi) is 3.52. The van der Waals surface area contributed by atoms with Crippen LogP contribution in [0.4, 0.5) is 5.82 Å². The fourth-order valence-electron chi connectivity index (χ4n) is 2.05. The Hall–Kier alpha value is -2.14. The molecule has 1 N–H and O–H groups in total. The highest BCUT2D eigenvalue weighted by molar-refractivity contribution is 7.13. The van der Waals surface area contributed by atoms with Gasteiger partial charge in [-0.1, -0.05) is 6.07 Å². The Balaban J connectivity index is 2.21. The summed E-state index contributed by atoms with van der Waals surface area (Å²) in [4.78, 5) is 10.4. The van der Waals surface area contributed by atoms with Gasteiger partial charge in [-0.2, -0.15) is 0 Å². The predicted molar refractivity (Wildman–Crippen MR) is 83.6 cm³/mol. The molecule has 0 bridgehead atoms. The molecular formula is C15H15N3OS. The molecule has 0 atom stereocenters. The van der Waals surface area contributed by atoms with E-state index in [2.05, 4.69) is 22.2 Å². The molecule has 0 aliphatic rings. The van der Waals surface area contributed by atoms with Crippen LogP contribution in [0.2, 0.25) is 0 Å². The molecule has 0 radical (unpaired) electrons. The number of rotatable bonds is 4. The van der Waals surface area contributed by atoms with Gasteiger partial charge in [0.25, 0.3) is 0 Å². The third kappa shape index (κ3) is 2.32. The first-order chi connectivity index (χ1) is 9.81. The summed E-state index contributed by atoms with van der Waals surface area (Å²) in [5.41, 5.74) is 0.917. The van der Waals surface area contributed by atoms with Crippen molar-refractivity contribution >= 4 is 28.1 Å². The number of methoxy groups -OCH3 is 1. The molecule has 0 aliphatic carbocycles. The lowest BCUT2D eigenvalue weighted by Crippen LogP contribution is -2.02. The molecule has 20 heavy (non-hydrogen) atoms. The van der Waals surface area contributed by atoms with Crippen LogP contribution in [0.3, 0.4) is 0 Å². The van der Waals surface area contributed by atoms with Crippen molar-refractivity contribution in [1.29, 1.82) is 0 Å². The van der Waals surface area contributed by atoms with Crippen LogP contribution in [-0.2, 0) is 0 Å². The summed E-state index contributed by atoms with van der Waals surface area (Å²) < 4.78 is 5.28. The van der Waals surface area contributed by atoms with Crippen LogP contribution in [0, 0.1) is 0 Å². The zero-order chi connectivity index (χ0) is 13.9. The van der Waals surface area contributed by atoms with Crippen LogP contribution in [0.1, 0.15) is 6.92 Å². The molecule has 0 spiro atoms. The number of nitrogens with zero attached hydrogens (tertiary/aromatic N) is 2. The van der Waals surface area contributed by atoms with Gasteiger partial charge in [0.1, 0.15) is 11.6 Å². The molecule has 0 unspecified atom stereocenters. The highest BCUT2D eigenvalue weighted by Gasteiger charge is 2.10. The number of hydrogen-bond acceptors (Lipinski definition) is 5. The van der Waals surface area contributed by atoms with Gasteiger partial charge in [-0.05, 0) is 36.6 Å². The van der Waals surface area contributed by atoms with E-state index >= 15 is 0 Å². The van der Waals surface area contributed by atoms with Crippen molar-refractivity contribution in [2.45, 2.75) is 6.92 Å². The number of nitrogens with one attached hydrogen (secondary N) is 1. The van der Waals surface area contributed by atoms with E-state index in [9.17, 15) is 0 Å². The number of anilines is 1. The first-order valence-electron chi connectivity index (χ1n) is 6.45. The van der Waals surface area contributed by atoms with Crippen LogP contribution < -0.4 is 10.1 Å². The van der Waals surface area contributed by atoms with Crippen LogP contribution in [0.25, 0.3) is 21.6 Å². The monoisotopic (exact) mass is 285 g/mol. The van der Waals surface area contributed by atoms with E-state index < -0.39 is 0 Å². The number of aromatic nitrogens is 2. The Labute approximate surface area is 121 Å². The Morgan fingerprint density at radius 2 is 2.15 bits per heavy atom. The summed E-state index contributed by atoms with van der Waals surface area (Å²) in [6.45, 7) is 2.87. The van der Waals surface area contributed by atoms with E-state index in [4.69, 9.17) is 4.74 Å². The highest BCUT2D eigenvalue weighted by atomic mass is 32.1. The molecule has 4 nitrogen and oxygen atoms in total. The summed E-state index contributed by atoms with van der Waals surface area (Å²) >= 11 is 1.64. The van der Waals surface area contributed by atoms with Gasteiger partial charge >= 0.3 is 0 Å². The summed E-state index contributed by atoms with van der Waals surface area (Å²) in [5, 5.41) is 6.31. The molecule has 3 aromatic rings. The van der Waals surface area contributed by atoms with Gasteiger partial charge in [-0.15, -0.1) is 11.3 Å². The maximum absolute atomic E-state index is 5.28. The van der Waals surface area contributed by atoms with E-state index in [0.29, 0.717) is 0 Å². The topological polar surface area (TPSA) is 47.0 Å². The number of fused-ring (bicyclic) bond motifs is 1. The van der Waals surface area contributed by atoms with Gasteiger partial charge < -0.3 is 10.1 Å². The van der Waals surface area contributed by atoms with Crippen molar-refractivity contribution in [1.82, 2.24) is 9.97 Å². The van der Waals surface area contributed by atoms with Gasteiger partial charge in [0.15, 0.2) is 5.82 Å². The molecule has 5 heteroatoms. The first-order valence-corrected chi connectivity index (χ1v) is 7.33. The SMILES string of the molecule is CCNc1nc(-c2cccs2)nc2ccc(OC)cc12. The van der Waals surface area contributed by atoms with Crippen molar-refractivity contribution in [2.75, 3.05) is 19.0 Å². The summed E-state index contributed by atoms with van der Waals surface area (Å²) in [7, 11) is 1.66. The Morgan fingerprint density at radius 3 is 2.85 bits per heavy atom. The second kappa shape index (κ2) is 5.46. The fraction of sp³-hybridized carbons (Fsp3) is 0.200. The molecule has 2 heterocycles. The summed E-state index contributed by atoms with van der Waals surface area (Å²) in [6, 6.07) is 9.89. The number of thiophene rings is 1. The molecule has 0 saturated carbocycles. The first kappa shape index (κ1) is 12.9. The Bertz CT molecular complexity index is 725. The van der Waals surface area contributed by atoms with Gasteiger partial charge in [0.2, 0.25) is 0 Å². The largest absolute Gasteiger partial charge is 0.497 e. The number of ether oxygens (including phenoxy) is 1. The number of benzene rings is 1. The molecule has 0 fully saturated rings. The molecule has 102 valence electrons. The van der Waals surface area contributed by atoms with Gasteiger partial charge in [0.05, 0.1) is 17.5 Å². The molecule has 1 aromatic carbocycles. The average molecular weight is 285 g/mol. The molecule has 0 saturated heterocycles. The third-order valence-electron chi connectivity index (χ3n) is 2.99. The van der Waals surface area contributed by atoms with Crippen molar-refractivity contribution in [3.63, 3.8) is 0 Å². The minimum Gasteiger partial charge on any atom is -0.497 e. The van der Waals surface area contributed by atoms with Crippen LogP contribution in [-0.4, -0.2) is 23.6 Å². The molecule has 3 rings (SSSR count). The van der Waals surface area contributed by atoms with Crippen molar-refractivity contribution in [3.05, 3.63) is 35.7 Å². The van der Waals surface area contributed by atoms with E-state index in [0.717, 1.165) is 39.7 Å². The van der Waals surface area contributed by atoms with E-state index in [1.54, 1.807) is 18.4 Å². The average Bonchev–Trinajstić information content (AvgIpc) is 3.01. The molecule has 0 aliphatic heterocycles. The predicted octanol–water partition coefficient (Wildman–Crippen LogP) is 3.80. The Morgan fingerprint density at radius 1 is 1.25 bits per heavy atom. The summed E-state index contributed by atoms with van der Waals surface area (Å²) in [6.07, 6.45) is 0. The minimum absolute atomic E-state index is 0.758. The van der Waals surface area contributed by atoms with Gasteiger partial charge in [-0.3, -0.25) is 0 Å². The lowest BCUT2D eigenvalue weighted by Gasteiger charge is -2.10. The van der Waals surface area contributed by atoms with Gasteiger partial charge in [-0.25, -0.2) is 9.97 Å². The quantitative estimate of drug-likeness (QED) is 0.792. The molecule has 2 aromatic heterocycles. The maximum Gasteiger partial charge on any atom is 0.172 e. The highest BCUT2D eigenvalue weighted by Crippen LogP contribution is 2.29. The molecule has 0 amide bonds. The normalized spacial score (nSPS) is 10.7. The van der Waals surface area contributed by atoms with Crippen molar-refractivity contribution in [2.24, 2.45) is 0 Å². The minimum atomic E-state index is 0.758. The standard InChI is InChI=1S/C15H15N3OS/c1-3-16-14-11-9-10(19-2)6-7-12(11)17-15(18-14)13-5-4-8-20-13/h4-9H,3H2,1-2H3,(H,16,17,18). The zero-order valence-corrected chi connectivity index (χ0v) is 12.2. The van der Waals surface area contributed by atoms with Crippen LogP contribution in [0.15, 0.2) is 35.7 Å².